The number of rotatable bonds is 4. The van der Waals surface area contributed by atoms with Gasteiger partial charge in [0.2, 0.25) is 0 Å². The number of fused-ring (bicyclic) bond motifs is 1. The number of allylic oxidation sites excluding steroid dienone is 1. The second-order valence-electron chi connectivity index (χ2n) is 7.65. The van der Waals surface area contributed by atoms with Crippen LogP contribution in [0.2, 0.25) is 0 Å². The Morgan fingerprint density at radius 1 is 1.18 bits per heavy atom. The van der Waals surface area contributed by atoms with Crippen LogP contribution in [0.25, 0.3) is 22.2 Å². The molecule has 2 heterocycles. The first kappa shape index (κ1) is 18.8. The predicted octanol–water partition coefficient (Wildman–Crippen LogP) is 6.05. The molecule has 1 aliphatic heterocycles. The highest BCUT2D eigenvalue weighted by atomic mass is 19.1. The second kappa shape index (κ2) is 7.44. The number of benzene rings is 2. The van der Waals surface area contributed by atoms with Crippen molar-refractivity contribution >= 4 is 22.2 Å². The zero-order valence-electron chi connectivity index (χ0n) is 16.8. The lowest BCUT2D eigenvalue weighted by atomic mass is 9.93. The number of nitrogens with one attached hydrogen (secondary N) is 1. The van der Waals surface area contributed by atoms with E-state index in [9.17, 15) is 4.39 Å². The van der Waals surface area contributed by atoms with Gasteiger partial charge in [-0.1, -0.05) is 6.58 Å². The van der Waals surface area contributed by atoms with Crippen LogP contribution in [0, 0.1) is 12.7 Å². The second-order valence-corrected chi connectivity index (χ2v) is 7.65. The lowest BCUT2D eigenvalue weighted by molar-refractivity contribution is 0.0841. The Morgan fingerprint density at radius 3 is 2.46 bits per heavy atom. The van der Waals surface area contributed by atoms with Gasteiger partial charge in [0, 0.05) is 54.2 Å². The highest BCUT2D eigenvalue weighted by Crippen LogP contribution is 2.40. The van der Waals surface area contributed by atoms with Crippen LogP contribution in [0.3, 0.4) is 0 Å². The van der Waals surface area contributed by atoms with Gasteiger partial charge in [0.05, 0.1) is 5.52 Å². The van der Waals surface area contributed by atoms with Gasteiger partial charge in [0.1, 0.15) is 5.82 Å². The molecule has 0 radical (unpaired) electrons. The van der Waals surface area contributed by atoms with Gasteiger partial charge in [0.25, 0.3) is 0 Å². The Labute approximate surface area is 165 Å². The zero-order chi connectivity index (χ0) is 19.8. The number of aryl methyl sites for hydroxylation is 1. The molecule has 0 unspecified atom stereocenters. The molecule has 0 amide bonds. The summed E-state index contributed by atoms with van der Waals surface area (Å²) >= 11 is 0. The normalized spacial score (nSPS) is 15.1. The van der Waals surface area contributed by atoms with Gasteiger partial charge in [-0.05, 0) is 74.2 Å². The lowest BCUT2D eigenvalue weighted by Crippen LogP contribution is -2.17. The first-order valence-electron chi connectivity index (χ1n) is 9.87. The first-order chi connectivity index (χ1) is 13.5. The fourth-order valence-electron chi connectivity index (χ4n) is 4.40. The standard InChI is InChI=1S/C24H27FN2O/c1-15(2)20-14-23-21(13-22(20)26-4)16(3)24(17-9-11-28-12-10-17)27(23)19-7-5-18(25)6-8-19/h5-8,13-14,17,26H,1,9-12H2,2-4H3. The summed E-state index contributed by atoms with van der Waals surface area (Å²) in [6.45, 7) is 9.96. The third kappa shape index (κ3) is 3.12. The van der Waals surface area contributed by atoms with Crippen LogP contribution in [-0.4, -0.2) is 24.8 Å². The molecule has 3 aromatic rings. The van der Waals surface area contributed by atoms with Crippen molar-refractivity contribution in [2.75, 3.05) is 25.6 Å². The number of halogens is 1. The molecule has 1 fully saturated rings. The van der Waals surface area contributed by atoms with E-state index in [-0.39, 0.29) is 5.82 Å². The molecule has 0 bridgehead atoms. The molecule has 1 aromatic heterocycles. The number of hydrogen-bond acceptors (Lipinski definition) is 2. The zero-order valence-corrected chi connectivity index (χ0v) is 16.8. The number of anilines is 1. The Kier molecular flexibility index (Phi) is 4.98. The number of nitrogens with zero attached hydrogens (tertiary/aromatic N) is 1. The molecule has 28 heavy (non-hydrogen) atoms. The van der Waals surface area contributed by atoms with Crippen molar-refractivity contribution in [2.45, 2.75) is 32.6 Å². The molecule has 2 aromatic carbocycles. The van der Waals surface area contributed by atoms with Crippen molar-refractivity contribution in [2.24, 2.45) is 0 Å². The van der Waals surface area contributed by atoms with Crippen molar-refractivity contribution in [3.05, 3.63) is 65.6 Å². The summed E-state index contributed by atoms with van der Waals surface area (Å²) in [7, 11) is 1.94. The van der Waals surface area contributed by atoms with Crippen molar-refractivity contribution < 1.29 is 9.13 Å². The molecule has 0 aliphatic carbocycles. The summed E-state index contributed by atoms with van der Waals surface area (Å²) in [5.41, 5.74) is 7.94. The van der Waals surface area contributed by atoms with Crippen molar-refractivity contribution in [3.8, 4) is 5.69 Å². The summed E-state index contributed by atoms with van der Waals surface area (Å²) in [6.07, 6.45) is 2.01. The van der Waals surface area contributed by atoms with Crippen LogP contribution in [0.15, 0.2) is 43.0 Å². The summed E-state index contributed by atoms with van der Waals surface area (Å²) < 4.78 is 21.5. The number of ether oxygens (including phenoxy) is 1. The van der Waals surface area contributed by atoms with Crippen LogP contribution in [0.1, 0.15) is 42.5 Å². The lowest BCUT2D eigenvalue weighted by Gasteiger charge is -2.25. The van der Waals surface area contributed by atoms with Gasteiger partial charge in [-0.2, -0.15) is 0 Å². The molecular formula is C24H27FN2O. The summed E-state index contributed by atoms with van der Waals surface area (Å²) in [4.78, 5) is 0. The topological polar surface area (TPSA) is 26.2 Å². The predicted molar refractivity (Wildman–Crippen MR) is 115 cm³/mol. The van der Waals surface area contributed by atoms with Gasteiger partial charge in [-0.25, -0.2) is 4.39 Å². The molecule has 1 N–H and O–H groups in total. The number of aromatic nitrogens is 1. The van der Waals surface area contributed by atoms with E-state index < -0.39 is 0 Å². The fraction of sp³-hybridized carbons (Fsp3) is 0.333. The van der Waals surface area contributed by atoms with E-state index in [4.69, 9.17) is 4.74 Å². The van der Waals surface area contributed by atoms with Crippen LogP contribution in [-0.2, 0) is 4.74 Å². The highest BCUT2D eigenvalue weighted by molar-refractivity contribution is 5.94. The maximum atomic E-state index is 13.6. The smallest absolute Gasteiger partial charge is 0.123 e. The van der Waals surface area contributed by atoms with Crippen molar-refractivity contribution in [1.82, 2.24) is 4.57 Å². The molecule has 0 atom stereocenters. The van der Waals surface area contributed by atoms with E-state index in [2.05, 4.69) is 35.5 Å². The molecule has 0 spiro atoms. The molecule has 0 saturated carbocycles. The van der Waals surface area contributed by atoms with Gasteiger partial charge in [0.15, 0.2) is 0 Å². The first-order valence-corrected chi connectivity index (χ1v) is 9.87. The quantitative estimate of drug-likeness (QED) is 0.598. The van der Waals surface area contributed by atoms with Crippen LogP contribution in [0.5, 0.6) is 0 Å². The van der Waals surface area contributed by atoms with Crippen LogP contribution in [0.4, 0.5) is 10.1 Å². The molecule has 3 nitrogen and oxygen atoms in total. The largest absolute Gasteiger partial charge is 0.388 e. The van der Waals surface area contributed by atoms with E-state index in [0.29, 0.717) is 5.92 Å². The Morgan fingerprint density at radius 2 is 1.86 bits per heavy atom. The van der Waals surface area contributed by atoms with E-state index in [1.807, 2.05) is 26.1 Å². The fourth-order valence-corrected chi connectivity index (χ4v) is 4.40. The van der Waals surface area contributed by atoms with Gasteiger partial charge in [-0.15, -0.1) is 0 Å². The van der Waals surface area contributed by atoms with E-state index >= 15 is 0 Å². The third-order valence-electron chi connectivity index (χ3n) is 5.83. The highest BCUT2D eigenvalue weighted by Gasteiger charge is 2.26. The van der Waals surface area contributed by atoms with Gasteiger partial charge < -0.3 is 14.6 Å². The molecule has 4 rings (SSSR count). The van der Waals surface area contributed by atoms with Gasteiger partial charge in [-0.3, -0.25) is 0 Å². The Hall–Kier alpha value is -2.59. The van der Waals surface area contributed by atoms with Crippen LogP contribution < -0.4 is 5.32 Å². The maximum Gasteiger partial charge on any atom is 0.123 e. The third-order valence-corrected chi connectivity index (χ3v) is 5.83. The SMILES string of the molecule is C=C(C)c1cc2c(cc1NC)c(C)c(C1CCOCC1)n2-c1ccc(F)cc1. The molecule has 146 valence electrons. The van der Waals surface area contributed by atoms with E-state index in [1.165, 1.54) is 28.8 Å². The Bertz CT molecular complexity index is 1030. The number of hydrogen-bond donors (Lipinski definition) is 1. The molecular weight excluding hydrogens is 351 g/mol. The van der Waals surface area contributed by atoms with Crippen molar-refractivity contribution in [3.63, 3.8) is 0 Å². The summed E-state index contributed by atoms with van der Waals surface area (Å²) in [6, 6.07) is 11.2. The maximum absolute atomic E-state index is 13.6. The van der Waals surface area contributed by atoms with Gasteiger partial charge >= 0.3 is 0 Å². The Balaban J connectivity index is 2.05. The monoisotopic (exact) mass is 378 g/mol. The minimum absolute atomic E-state index is 0.218. The summed E-state index contributed by atoms with van der Waals surface area (Å²) in [5.74, 6) is 0.210. The molecule has 1 aliphatic rings. The van der Waals surface area contributed by atoms with E-state index in [1.54, 1.807) is 0 Å². The average Bonchev–Trinajstić information content (AvgIpc) is 3.00. The summed E-state index contributed by atoms with van der Waals surface area (Å²) in [5, 5.41) is 4.53. The molecule has 4 heteroatoms. The average molecular weight is 378 g/mol. The van der Waals surface area contributed by atoms with Crippen molar-refractivity contribution in [1.29, 1.82) is 0 Å². The minimum Gasteiger partial charge on any atom is -0.388 e. The molecule has 1 saturated heterocycles. The minimum atomic E-state index is -0.218. The van der Waals surface area contributed by atoms with Crippen LogP contribution >= 0.6 is 0 Å². The van der Waals surface area contributed by atoms with E-state index in [0.717, 1.165) is 54.1 Å².